The lowest BCUT2D eigenvalue weighted by Gasteiger charge is -2.43. The molecule has 0 bridgehead atoms. The van der Waals surface area contributed by atoms with E-state index in [9.17, 15) is 9.59 Å². The van der Waals surface area contributed by atoms with Crippen molar-refractivity contribution in [3.8, 4) is 0 Å². The van der Waals surface area contributed by atoms with Crippen LogP contribution in [0.4, 0.5) is 0 Å². The van der Waals surface area contributed by atoms with Gasteiger partial charge >= 0.3 is 0 Å². The van der Waals surface area contributed by atoms with Gasteiger partial charge in [0.1, 0.15) is 12.1 Å². The van der Waals surface area contributed by atoms with E-state index in [0.29, 0.717) is 18.9 Å². The zero-order valence-corrected chi connectivity index (χ0v) is 13.5. The zero-order chi connectivity index (χ0) is 15.4. The lowest BCUT2D eigenvalue weighted by atomic mass is 9.81. The molecular weight excluding hydrogens is 264 g/mol. The normalized spacial score (nSPS) is 27.5. The molecule has 1 aliphatic heterocycles. The summed E-state index contributed by atoms with van der Waals surface area (Å²) in [5, 5.41) is 2.93. The molecular formula is C17H28N2O2. The van der Waals surface area contributed by atoms with Crippen molar-refractivity contribution in [2.45, 2.75) is 71.4 Å². The third kappa shape index (κ3) is 3.66. The Morgan fingerprint density at radius 1 is 1.24 bits per heavy atom. The fourth-order valence-corrected chi connectivity index (χ4v) is 3.48. The Bertz CT molecular complexity index is 421. The van der Waals surface area contributed by atoms with Gasteiger partial charge in [-0.15, -0.1) is 0 Å². The molecule has 118 valence electrons. The highest BCUT2D eigenvalue weighted by molar-refractivity contribution is 5.97. The summed E-state index contributed by atoms with van der Waals surface area (Å²) in [7, 11) is 0. The first kappa shape index (κ1) is 16.1. The van der Waals surface area contributed by atoms with Gasteiger partial charge in [0, 0.05) is 6.54 Å². The molecule has 21 heavy (non-hydrogen) atoms. The molecule has 1 saturated carbocycles. The number of rotatable bonds is 4. The maximum atomic E-state index is 12.6. The van der Waals surface area contributed by atoms with E-state index in [1.807, 2.05) is 25.7 Å². The molecule has 0 radical (unpaired) electrons. The first-order valence-electron chi connectivity index (χ1n) is 8.28. The molecule has 1 aliphatic carbocycles. The SMILES string of the molecule is CCC1NC(=O)C(C2CCCCC2)N(CC=C(C)C)C1=O. The van der Waals surface area contributed by atoms with Crippen LogP contribution >= 0.6 is 0 Å². The number of hydrogen-bond donors (Lipinski definition) is 1. The van der Waals surface area contributed by atoms with Crippen LogP contribution in [0.3, 0.4) is 0 Å². The van der Waals surface area contributed by atoms with Crippen molar-refractivity contribution < 1.29 is 9.59 Å². The van der Waals surface area contributed by atoms with E-state index >= 15 is 0 Å². The van der Waals surface area contributed by atoms with E-state index in [-0.39, 0.29) is 23.9 Å². The largest absolute Gasteiger partial charge is 0.343 e. The molecule has 0 aromatic rings. The average molecular weight is 292 g/mol. The van der Waals surface area contributed by atoms with Gasteiger partial charge in [-0.1, -0.05) is 37.8 Å². The molecule has 2 rings (SSSR count). The number of nitrogens with zero attached hydrogens (tertiary/aromatic N) is 1. The summed E-state index contributed by atoms with van der Waals surface area (Å²) in [4.78, 5) is 27.0. The standard InChI is InChI=1S/C17H28N2O2/c1-4-14-17(21)19(11-10-12(2)3)15(16(20)18-14)13-8-6-5-7-9-13/h10,13-15H,4-9,11H2,1-3H3,(H,18,20). The number of carbonyl (C=O) groups excluding carboxylic acids is 2. The van der Waals surface area contributed by atoms with Crippen LogP contribution in [0.1, 0.15) is 59.3 Å². The Morgan fingerprint density at radius 3 is 2.48 bits per heavy atom. The van der Waals surface area contributed by atoms with Gasteiger partial charge in [-0.05, 0) is 39.0 Å². The van der Waals surface area contributed by atoms with Crippen molar-refractivity contribution >= 4 is 11.8 Å². The fraction of sp³-hybridized carbons (Fsp3) is 0.765. The molecule has 1 saturated heterocycles. The third-order valence-electron chi connectivity index (χ3n) is 4.70. The first-order chi connectivity index (χ1) is 10.0. The lowest BCUT2D eigenvalue weighted by molar-refractivity contribution is -0.151. The maximum absolute atomic E-state index is 12.6. The van der Waals surface area contributed by atoms with Gasteiger partial charge < -0.3 is 10.2 Å². The molecule has 2 amide bonds. The number of piperazine rings is 1. The topological polar surface area (TPSA) is 49.4 Å². The molecule has 2 aliphatic rings. The van der Waals surface area contributed by atoms with E-state index in [4.69, 9.17) is 0 Å². The summed E-state index contributed by atoms with van der Waals surface area (Å²) in [6.45, 7) is 6.57. The van der Waals surface area contributed by atoms with Gasteiger partial charge in [-0.25, -0.2) is 0 Å². The number of allylic oxidation sites excluding steroid dienone is 1. The Hall–Kier alpha value is -1.32. The number of carbonyl (C=O) groups is 2. The summed E-state index contributed by atoms with van der Waals surface area (Å²) in [6.07, 6.45) is 8.45. The minimum absolute atomic E-state index is 0.0514. The van der Waals surface area contributed by atoms with Crippen molar-refractivity contribution in [1.82, 2.24) is 10.2 Å². The fourth-order valence-electron chi connectivity index (χ4n) is 3.48. The Kier molecular flexibility index (Phi) is 5.43. The predicted molar refractivity (Wildman–Crippen MR) is 83.7 cm³/mol. The first-order valence-corrected chi connectivity index (χ1v) is 8.28. The molecule has 1 N–H and O–H groups in total. The van der Waals surface area contributed by atoms with Crippen LogP contribution in [-0.2, 0) is 9.59 Å². The zero-order valence-electron chi connectivity index (χ0n) is 13.5. The Balaban J connectivity index is 2.22. The summed E-state index contributed by atoms with van der Waals surface area (Å²) < 4.78 is 0. The second-order valence-electron chi connectivity index (χ2n) is 6.58. The molecule has 1 heterocycles. The van der Waals surface area contributed by atoms with E-state index < -0.39 is 0 Å². The summed E-state index contributed by atoms with van der Waals surface area (Å²) >= 11 is 0. The van der Waals surface area contributed by atoms with Crippen LogP contribution in [0.15, 0.2) is 11.6 Å². The second-order valence-corrected chi connectivity index (χ2v) is 6.58. The average Bonchev–Trinajstić information content (AvgIpc) is 2.48. The van der Waals surface area contributed by atoms with E-state index in [2.05, 4.69) is 11.4 Å². The van der Waals surface area contributed by atoms with Crippen LogP contribution in [0.25, 0.3) is 0 Å². The predicted octanol–water partition coefficient (Wildman–Crippen LogP) is 2.64. The van der Waals surface area contributed by atoms with Crippen molar-refractivity contribution in [3.63, 3.8) is 0 Å². The van der Waals surface area contributed by atoms with Gasteiger partial charge in [0.15, 0.2) is 0 Å². The van der Waals surface area contributed by atoms with E-state index in [1.54, 1.807) is 0 Å². The molecule has 2 atom stereocenters. The highest BCUT2D eigenvalue weighted by Gasteiger charge is 2.43. The molecule has 4 nitrogen and oxygen atoms in total. The Morgan fingerprint density at radius 2 is 1.90 bits per heavy atom. The number of hydrogen-bond acceptors (Lipinski definition) is 2. The van der Waals surface area contributed by atoms with Crippen molar-refractivity contribution in [3.05, 3.63) is 11.6 Å². The highest BCUT2D eigenvalue weighted by atomic mass is 16.2. The Labute approximate surface area is 128 Å². The van der Waals surface area contributed by atoms with Gasteiger partial charge in [0.25, 0.3) is 0 Å². The van der Waals surface area contributed by atoms with E-state index in [1.165, 1.54) is 24.8 Å². The van der Waals surface area contributed by atoms with Gasteiger partial charge in [-0.2, -0.15) is 0 Å². The van der Waals surface area contributed by atoms with Gasteiger partial charge in [0.2, 0.25) is 11.8 Å². The molecule has 2 fully saturated rings. The van der Waals surface area contributed by atoms with Crippen LogP contribution in [0.2, 0.25) is 0 Å². The van der Waals surface area contributed by atoms with Crippen molar-refractivity contribution in [2.75, 3.05) is 6.54 Å². The smallest absolute Gasteiger partial charge is 0.246 e. The van der Waals surface area contributed by atoms with Crippen LogP contribution < -0.4 is 5.32 Å². The van der Waals surface area contributed by atoms with Crippen LogP contribution in [0.5, 0.6) is 0 Å². The monoisotopic (exact) mass is 292 g/mol. The van der Waals surface area contributed by atoms with Gasteiger partial charge in [-0.3, -0.25) is 9.59 Å². The van der Waals surface area contributed by atoms with Crippen molar-refractivity contribution in [1.29, 1.82) is 0 Å². The molecule has 0 aromatic carbocycles. The summed E-state index contributed by atoms with van der Waals surface area (Å²) in [5.41, 5.74) is 1.18. The second kappa shape index (κ2) is 7.10. The number of nitrogens with one attached hydrogen (secondary N) is 1. The highest BCUT2D eigenvalue weighted by Crippen LogP contribution is 2.31. The van der Waals surface area contributed by atoms with Gasteiger partial charge in [0.05, 0.1) is 0 Å². The summed E-state index contributed by atoms with van der Waals surface area (Å²) in [5.74, 6) is 0.465. The lowest BCUT2D eigenvalue weighted by Crippen LogP contribution is -2.65. The quantitative estimate of drug-likeness (QED) is 0.810. The van der Waals surface area contributed by atoms with Crippen molar-refractivity contribution in [2.24, 2.45) is 5.92 Å². The molecule has 2 unspecified atom stereocenters. The molecule has 4 heteroatoms. The summed E-state index contributed by atoms with van der Waals surface area (Å²) in [6, 6.07) is -0.612. The minimum atomic E-state index is -0.345. The van der Waals surface area contributed by atoms with Crippen LogP contribution in [0, 0.1) is 5.92 Å². The van der Waals surface area contributed by atoms with Crippen LogP contribution in [-0.4, -0.2) is 35.3 Å². The van der Waals surface area contributed by atoms with E-state index in [0.717, 1.165) is 12.8 Å². The minimum Gasteiger partial charge on any atom is -0.343 e. The third-order valence-corrected chi connectivity index (χ3v) is 4.70. The molecule has 0 spiro atoms. The maximum Gasteiger partial charge on any atom is 0.246 e. The number of amides is 2. The molecule has 0 aromatic heterocycles.